The van der Waals surface area contributed by atoms with Gasteiger partial charge >= 0.3 is 0 Å². The zero-order valence-electron chi connectivity index (χ0n) is 10.9. The summed E-state index contributed by atoms with van der Waals surface area (Å²) in [6.07, 6.45) is 1.03. The molecule has 0 saturated heterocycles. The smallest absolute Gasteiger partial charge is 0.125 e. The molecule has 2 rings (SSSR count). The number of anilines is 1. The summed E-state index contributed by atoms with van der Waals surface area (Å²) in [6, 6.07) is 5.13. The molecule has 1 heterocycles. The summed E-state index contributed by atoms with van der Waals surface area (Å²) in [5.74, 6) is -0.137. The summed E-state index contributed by atoms with van der Waals surface area (Å²) in [4.78, 5) is 2.30. The van der Waals surface area contributed by atoms with Crippen molar-refractivity contribution in [2.75, 3.05) is 31.6 Å². The summed E-state index contributed by atoms with van der Waals surface area (Å²) < 4.78 is 13.3. The Morgan fingerprint density at radius 1 is 1.41 bits per heavy atom. The summed E-state index contributed by atoms with van der Waals surface area (Å²) in [5.41, 5.74) is 2.55. The molecule has 1 aliphatic heterocycles. The normalized spacial score (nSPS) is 15.2. The van der Waals surface area contributed by atoms with Crippen LogP contribution in [-0.2, 0) is 6.42 Å². The van der Waals surface area contributed by atoms with Crippen LogP contribution in [0.25, 0.3) is 0 Å². The minimum Gasteiger partial charge on any atom is -0.370 e. The average Bonchev–Trinajstić information content (AvgIpc) is 2.60. The number of nitrogens with one attached hydrogen (secondary N) is 1. The maximum atomic E-state index is 13.3. The Labute approximate surface area is 103 Å². The van der Waals surface area contributed by atoms with Crippen LogP contribution in [0.4, 0.5) is 10.1 Å². The first kappa shape index (κ1) is 12.4. The van der Waals surface area contributed by atoms with E-state index in [1.165, 1.54) is 5.56 Å². The minimum atomic E-state index is -0.137. The van der Waals surface area contributed by atoms with Gasteiger partial charge in [0.25, 0.3) is 0 Å². The molecule has 2 nitrogen and oxygen atoms in total. The predicted molar refractivity (Wildman–Crippen MR) is 70.0 cm³/mol. The van der Waals surface area contributed by atoms with E-state index < -0.39 is 0 Å². The second-order valence-electron chi connectivity index (χ2n) is 5.64. The monoisotopic (exact) mass is 236 g/mol. The number of rotatable bonds is 4. The number of nitrogens with zero attached hydrogens (tertiary/aromatic N) is 1. The Balaban J connectivity index is 2.14. The molecule has 1 aromatic carbocycles. The first-order chi connectivity index (χ1) is 8.02. The van der Waals surface area contributed by atoms with Crippen LogP contribution in [0.1, 0.15) is 19.4 Å². The van der Waals surface area contributed by atoms with Crippen LogP contribution in [0, 0.1) is 11.2 Å². The standard InChI is InChI=1S/C14H21FN2/c1-14(2,9-16-3)10-17-7-6-11-4-5-12(15)8-13(11)17/h4-5,8,16H,6-7,9-10H2,1-3H3. The SMILES string of the molecule is CNCC(C)(C)CN1CCc2ccc(F)cc21. The molecule has 0 spiro atoms. The molecule has 1 aromatic rings. The molecule has 0 bridgehead atoms. The molecule has 0 unspecified atom stereocenters. The maximum Gasteiger partial charge on any atom is 0.125 e. The number of benzene rings is 1. The number of halogens is 1. The van der Waals surface area contributed by atoms with Crippen molar-refractivity contribution >= 4 is 5.69 Å². The van der Waals surface area contributed by atoms with Gasteiger partial charge in [-0.05, 0) is 36.6 Å². The summed E-state index contributed by atoms with van der Waals surface area (Å²) in [7, 11) is 1.97. The Morgan fingerprint density at radius 2 is 2.18 bits per heavy atom. The lowest BCUT2D eigenvalue weighted by Crippen LogP contribution is -2.39. The van der Waals surface area contributed by atoms with E-state index in [-0.39, 0.29) is 11.2 Å². The van der Waals surface area contributed by atoms with Gasteiger partial charge in [-0.3, -0.25) is 0 Å². The van der Waals surface area contributed by atoms with Crippen molar-refractivity contribution in [3.63, 3.8) is 0 Å². The van der Waals surface area contributed by atoms with Crippen LogP contribution in [0.15, 0.2) is 18.2 Å². The van der Waals surface area contributed by atoms with Crippen molar-refractivity contribution in [1.82, 2.24) is 5.32 Å². The van der Waals surface area contributed by atoms with Gasteiger partial charge in [-0.15, -0.1) is 0 Å². The molecular formula is C14H21FN2. The van der Waals surface area contributed by atoms with Gasteiger partial charge in [0.1, 0.15) is 5.82 Å². The van der Waals surface area contributed by atoms with Gasteiger partial charge in [-0.25, -0.2) is 4.39 Å². The summed E-state index contributed by atoms with van der Waals surface area (Å²) in [5, 5.41) is 3.22. The van der Waals surface area contributed by atoms with Crippen molar-refractivity contribution in [1.29, 1.82) is 0 Å². The summed E-state index contributed by atoms with van der Waals surface area (Å²) >= 11 is 0. The maximum absolute atomic E-state index is 13.3. The molecule has 0 aliphatic carbocycles. The fourth-order valence-electron chi connectivity index (χ4n) is 2.63. The molecule has 94 valence electrons. The third-order valence-corrected chi connectivity index (χ3v) is 3.31. The molecule has 0 amide bonds. The van der Waals surface area contributed by atoms with Crippen molar-refractivity contribution in [2.45, 2.75) is 20.3 Å². The highest BCUT2D eigenvalue weighted by Gasteiger charge is 2.26. The van der Waals surface area contributed by atoms with E-state index in [2.05, 4.69) is 24.1 Å². The molecule has 0 aromatic heterocycles. The largest absolute Gasteiger partial charge is 0.370 e. The van der Waals surface area contributed by atoms with Gasteiger partial charge in [0.15, 0.2) is 0 Å². The van der Waals surface area contributed by atoms with Crippen LogP contribution < -0.4 is 10.2 Å². The second kappa shape index (κ2) is 4.65. The highest BCUT2D eigenvalue weighted by atomic mass is 19.1. The topological polar surface area (TPSA) is 15.3 Å². The Hall–Kier alpha value is -1.09. The van der Waals surface area contributed by atoms with Gasteiger partial charge in [-0.1, -0.05) is 19.9 Å². The molecule has 0 saturated carbocycles. The predicted octanol–water partition coefficient (Wildman–Crippen LogP) is 2.43. The van der Waals surface area contributed by atoms with E-state index in [1.54, 1.807) is 12.1 Å². The van der Waals surface area contributed by atoms with E-state index in [0.717, 1.165) is 31.7 Å². The number of fused-ring (bicyclic) bond motifs is 1. The van der Waals surface area contributed by atoms with Crippen LogP contribution in [0.3, 0.4) is 0 Å². The average molecular weight is 236 g/mol. The van der Waals surface area contributed by atoms with Crippen LogP contribution in [0.2, 0.25) is 0 Å². The molecule has 0 atom stereocenters. The van der Waals surface area contributed by atoms with E-state index >= 15 is 0 Å². The quantitative estimate of drug-likeness (QED) is 0.863. The zero-order valence-corrected chi connectivity index (χ0v) is 10.9. The molecule has 0 radical (unpaired) electrons. The van der Waals surface area contributed by atoms with Gasteiger partial charge < -0.3 is 10.2 Å². The Morgan fingerprint density at radius 3 is 2.88 bits per heavy atom. The van der Waals surface area contributed by atoms with E-state index in [9.17, 15) is 4.39 Å². The van der Waals surface area contributed by atoms with Gasteiger partial charge in [-0.2, -0.15) is 0 Å². The zero-order chi connectivity index (χ0) is 12.5. The van der Waals surface area contributed by atoms with Gasteiger partial charge in [0.05, 0.1) is 0 Å². The van der Waals surface area contributed by atoms with Crippen LogP contribution in [0.5, 0.6) is 0 Å². The van der Waals surface area contributed by atoms with Crippen LogP contribution in [-0.4, -0.2) is 26.7 Å². The fourth-order valence-corrected chi connectivity index (χ4v) is 2.63. The van der Waals surface area contributed by atoms with E-state index in [4.69, 9.17) is 0 Å². The highest BCUT2D eigenvalue weighted by molar-refractivity contribution is 5.58. The van der Waals surface area contributed by atoms with Gasteiger partial charge in [0.2, 0.25) is 0 Å². The van der Waals surface area contributed by atoms with E-state index in [1.807, 2.05) is 13.1 Å². The lowest BCUT2D eigenvalue weighted by Gasteiger charge is -2.31. The molecule has 1 N–H and O–H groups in total. The molecular weight excluding hydrogens is 215 g/mol. The van der Waals surface area contributed by atoms with Crippen molar-refractivity contribution in [3.05, 3.63) is 29.6 Å². The Bertz CT molecular complexity index is 401. The highest BCUT2D eigenvalue weighted by Crippen LogP contribution is 2.31. The molecule has 1 aliphatic rings. The van der Waals surface area contributed by atoms with Crippen LogP contribution >= 0.6 is 0 Å². The third-order valence-electron chi connectivity index (χ3n) is 3.31. The minimum absolute atomic E-state index is 0.137. The summed E-state index contributed by atoms with van der Waals surface area (Å²) in [6.45, 7) is 7.41. The van der Waals surface area contributed by atoms with E-state index in [0.29, 0.717) is 0 Å². The third kappa shape index (κ3) is 2.78. The number of hydrogen-bond donors (Lipinski definition) is 1. The fraction of sp³-hybridized carbons (Fsp3) is 0.571. The van der Waals surface area contributed by atoms with Crippen molar-refractivity contribution in [3.8, 4) is 0 Å². The molecule has 0 fully saturated rings. The number of hydrogen-bond acceptors (Lipinski definition) is 2. The van der Waals surface area contributed by atoms with Gasteiger partial charge in [0, 0.05) is 25.3 Å². The second-order valence-corrected chi connectivity index (χ2v) is 5.64. The molecule has 3 heteroatoms. The lowest BCUT2D eigenvalue weighted by molar-refractivity contribution is 0.355. The first-order valence-electron chi connectivity index (χ1n) is 6.20. The first-order valence-corrected chi connectivity index (χ1v) is 6.20. The van der Waals surface area contributed by atoms with Crippen molar-refractivity contribution in [2.24, 2.45) is 5.41 Å². The molecule has 17 heavy (non-hydrogen) atoms. The van der Waals surface area contributed by atoms with Crippen molar-refractivity contribution < 1.29 is 4.39 Å². The Kier molecular flexibility index (Phi) is 3.38. The lowest BCUT2D eigenvalue weighted by atomic mass is 9.92.